The van der Waals surface area contributed by atoms with Gasteiger partial charge in [0.25, 0.3) is 0 Å². The maximum absolute atomic E-state index is 12.4. The Labute approximate surface area is 262 Å². The fourth-order valence-corrected chi connectivity index (χ4v) is 9.51. The Hall–Kier alpha value is -2.19. The highest BCUT2D eigenvalue weighted by Crippen LogP contribution is 2.48. The predicted octanol–water partition coefficient (Wildman–Crippen LogP) is 6.42. The van der Waals surface area contributed by atoms with Gasteiger partial charge in [0.1, 0.15) is 4.83 Å². The molecule has 0 spiro atoms. The number of likely N-dealkylation sites (N-methyl/N-ethyl adjacent to an activating group) is 1. The minimum atomic E-state index is -0.569. The van der Waals surface area contributed by atoms with Crippen LogP contribution in [0.2, 0.25) is 0 Å². The largest absolute Gasteiger partial charge is 0.388 e. The van der Waals surface area contributed by atoms with Crippen molar-refractivity contribution in [3.8, 4) is 11.3 Å². The lowest BCUT2D eigenvalue weighted by Crippen LogP contribution is -2.51. The molecule has 0 radical (unpaired) electrons. The number of rotatable bonds is 11. The molecule has 3 unspecified atom stereocenters. The summed E-state index contributed by atoms with van der Waals surface area (Å²) in [5.74, 6) is 0.933. The summed E-state index contributed by atoms with van der Waals surface area (Å²) in [4.78, 5) is 23.9. The Balaban J connectivity index is 1.24. The van der Waals surface area contributed by atoms with E-state index in [0.717, 1.165) is 77.8 Å². The van der Waals surface area contributed by atoms with Crippen molar-refractivity contribution < 1.29 is 9.90 Å². The number of aromatic nitrogens is 1. The number of nitrogens with zero attached hydrogens (tertiary/aromatic N) is 2. The minimum absolute atomic E-state index is 0.0158. The molecular weight excluding hydrogens is 552 g/mol. The smallest absolute Gasteiger partial charge is 0.223 e. The first-order valence-electron chi connectivity index (χ1n) is 16.7. The summed E-state index contributed by atoms with van der Waals surface area (Å²) in [5.41, 5.74) is 5.98. The minimum Gasteiger partial charge on any atom is -0.388 e. The zero-order chi connectivity index (χ0) is 30.5. The topological polar surface area (TPSA) is 71.6 Å². The van der Waals surface area contributed by atoms with Crippen molar-refractivity contribution in [2.75, 3.05) is 39.3 Å². The summed E-state index contributed by atoms with van der Waals surface area (Å²) >= 11 is 1.91. The molecule has 7 heteroatoms. The van der Waals surface area contributed by atoms with E-state index in [1.807, 2.05) is 11.3 Å². The molecule has 1 aromatic carbocycles. The van der Waals surface area contributed by atoms with Crippen LogP contribution in [0.25, 0.3) is 21.5 Å². The van der Waals surface area contributed by atoms with Crippen LogP contribution in [-0.4, -0.2) is 76.7 Å². The molecule has 4 heterocycles. The van der Waals surface area contributed by atoms with Crippen molar-refractivity contribution in [1.29, 1.82) is 0 Å². The van der Waals surface area contributed by atoms with Crippen LogP contribution in [0.4, 0.5) is 0 Å². The van der Waals surface area contributed by atoms with E-state index in [-0.39, 0.29) is 17.2 Å². The highest BCUT2D eigenvalue weighted by Gasteiger charge is 2.49. The third kappa shape index (κ3) is 6.20. The summed E-state index contributed by atoms with van der Waals surface area (Å²) in [6.45, 7) is 19.1. The highest BCUT2D eigenvalue weighted by molar-refractivity contribution is 7.18. The van der Waals surface area contributed by atoms with Crippen molar-refractivity contribution in [2.24, 2.45) is 11.8 Å². The number of benzene rings is 1. The number of amides is 1. The number of aromatic amines is 1. The average Bonchev–Trinajstić information content (AvgIpc) is 3.70. The molecule has 2 saturated heterocycles. The molecule has 2 aliphatic heterocycles. The first-order chi connectivity index (χ1) is 20.5. The van der Waals surface area contributed by atoms with Crippen molar-refractivity contribution in [1.82, 2.24) is 20.1 Å². The molecule has 3 aromatic rings. The summed E-state index contributed by atoms with van der Waals surface area (Å²) in [6.07, 6.45) is 5.90. The number of H-pyrrole nitrogens is 1. The van der Waals surface area contributed by atoms with Crippen LogP contribution in [0, 0.1) is 25.7 Å². The maximum Gasteiger partial charge on any atom is 0.223 e. The number of hydrogen-bond donors (Lipinski definition) is 3. The SMILES string of the molecule is CCN(CC)CC1(O)CCN(CCc2c(-c3cc(C)cc(C)c3)[nH]c3sc(C(C)(C)CC4C5CCC4C(=O)N5)cc23)CC1. The third-order valence-electron chi connectivity index (χ3n) is 10.9. The van der Waals surface area contributed by atoms with Gasteiger partial charge >= 0.3 is 0 Å². The number of likely N-dealkylation sites (tertiary alicyclic amines) is 1. The van der Waals surface area contributed by atoms with Gasteiger partial charge in [-0.1, -0.05) is 44.9 Å². The lowest BCUT2D eigenvalue weighted by molar-refractivity contribution is -0.124. The Kier molecular flexibility index (Phi) is 8.57. The average molecular weight is 605 g/mol. The van der Waals surface area contributed by atoms with Crippen LogP contribution in [0.5, 0.6) is 0 Å². The van der Waals surface area contributed by atoms with E-state index in [9.17, 15) is 9.90 Å². The number of piperidine rings is 2. The number of aryl methyl sites for hydroxylation is 2. The van der Waals surface area contributed by atoms with E-state index >= 15 is 0 Å². The molecule has 2 bridgehead atoms. The number of carbonyl (C=O) groups excluding carboxylic acids is 1. The number of hydrogen-bond acceptors (Lipinski definition) is 5. The molecular formula is C36H52N4O2S. The number of aliphatic hydroxyl groups is 1. The van der Waals surface area contributed by atoms with Gasteiger partial charge in [-0.2, -0.15) is 0 Å². The quantitative estimate of drug-likeness (QED) is 0.236. The predicted molar refractivity (Wildman–Crippen MR) is 179 cm³/mol. The van der Waals surface area contributed by atoms with Crippen LogP contribution in [-0.2, 0) is 16.6 Å². The van der Waals surface area contributed by atoms with Crippen LogP contribution in [0.1, 0.15) is 81.4 Å². The van der Waals surface area contributed by atoms with E-state index < -0.39 is 5.60 Å². The van der Waals surface area contributed by atoms with Gasteiger partial charge in [0, 0.05) is 48.4 Å². The normalized spacial score (nSPS) is 24.0. The van der Waals surface area contributed by atoms with Crippen molar-refractivity contribution in [2.45, 2.75) is 97.1 Å². The summed E-state index contributed by atoms with van der Waals surface area (Å²) in [7, 11) is 0. The van der Waals surface area contributed by atoms with E-state index in [4.69, 9.17) is 0 Å². The second-order valence-electron chi connectivity index (χ2n) is 14.5. The molecule has 43 heavy (non-hydrogen) atoms. The number of nitrogens with one attached hydrogen (secondary N) is 2. The Bertz CT molecular complexity index is 1440. The van der Waals surface area contributed by atoms with E-state index in [1.54, 1.807) is 0 Å². The van der Waals surface area contributed by atoms with Gasteiger partial charge in [0.2, 0.25) is 5.91 Å². The van der Waals surface area contributed by atoms with E-state index in [0.29, 0.717) is 12.0 Å². The summed E-state index contributed by atoms with van der Waals surface area (Å²) < 4.78 is 0. The van der Waals surface area contributed by atoms with E-state index in [1.165, 1.54) is 43.0 Å². The van der Waals surface area contributed by atoms with Gasteiger partial charge in [-0.05, 0) is 106 Å². The van der Waals surface area contributed by atoms with Crippen LogP contribution in [0.15, 0.2) is 24.3 Å². The molecule has 1 amide bonds. The van der Waals surface area contributed by atoms with Crippen LogP contribution >= 0.6 is 11.3 Å². The fraction of sp³-hybridized carbons (Fsp3) is 0.639. The summed E-state index contributed by atoms with van der Waals surface area (Å²) in [5, 5.41) is 15.9. The first-order valence-corrected chi connectivity index (χ1v) is 17.5. The molecule has 6 rings (SSSR count). The first kappa shape index (κ1) is 30.8. The second-order valence-corrected chi connectivity index (χ2v) is 15.6. The van der Waals surface area contributed by atoms with Crippen LogP contribution < -0.4 is 5.32 Å². The zero-order valence-corrected chi connectivity index (χ0v) is 28.0. The lowest BCUT2D eigenvalue weighted by Gasteiger charge is -2.40. The van der Waals surface area contributed by atoms with Gasteiger partial charge in [0.05, 0.1) is 11.3 Å². The van der Waals surface area contributed by atoms with Crippen LogP contribution in [0.3, 0.4) is 0 Å². The molecule has 3 N–H and O–H groups in total. The standard InChI is InChI=1S/C36H52N4O2S/c1-7-39(8-2)22-36(42)12-15-40(16-13-36)14-11-26-28-20-31(35(5,6)21-29-27-9-10-30(29)37-33(27)41)43-34(28)38-32(26)25-18-23(3)17-24(4)19-25/h17-20,27,29-30,38,42H,7-16,21-22H2,1-6H3,(H,37,41). The van der Waals surface area contributed by atoms with E-state index in [2.05, 4.69) is 85.9 Å². The Morgan fingerprint density at radius 1 is 1.07 bits per heavy atom. The third-order valence-corrected chi connectivity index (χ3v) is 12.3. The molecule has 3 aliphatic rings. The number of fused-ring (bicyclic) bond motifs is 3. The molecule has 1 saturated carbocycles. The molecule has 3 fully saturated rings. The molecule has 2 aromatic heterocycles. The second kappa shape index (κ2) is 12.0. The zero-order valence-electron chi connectivity index (χ0n) is 27.2. The van der Waals surface area contributed by atoms with Gasteiger partial charge in [-0.25, -0.2) is 0 Å². The molecule has 1 aliphatic carbocycles. The van der Waals surface area contributed by atoms with Crippen molar-refractivity contribution in [3.05, 3.63) is 45.8 Å². The monoisotopic (exact) mass is 604 g/mol. The van der Waals surface area contributed by atoms with Gasteiger partial charge in [0.15, 0.2) is 0 Å². The molecule has 234 valence electrons. The molecule has 3 atom stereocenters. The van der Waals surface area contributed by atoms with Gasteiger partial charge < -0.3 is 25.2 Å². The van der Waals surface area contributed by atoms with Gasteiger partial charge in [-0.15, -0.1) is 11.3 Å². The Morgan fingerprint density at radius 2 is 1.77 bits per heavy atom. The summed E-state index contributed by atoms with van der Waals surface area (Å²) in [6, 6.07) is 9.69. The van der Waals surface area contributed by atoms with Crippen molar-refractivity contribution >= 4 is 27.5 Å². The van der Waals surface area contributed by atoms with Crippen molar-refractivity contribution in [3.63, 3.8) is 0 Å². The number of thiophene rings is 1. The lowest BCUT2D eigenvalue weighted by atomic mass is 9.78. The highest BCUT2D eigenvalue weighted by atomic mass is 32.1. The molecule has 6 nitrogen and oxygen atoms in total. The van der Waals surface area contributed by atoms with Gasteiger partial charge in [-0.3, -0.25) is 4.79 Å². The maximum atomic E-state index is 12.4. The Morgan fingerprint density at radius 3 is 2.37 bits per heavy atom. The number of carbonyl (C=O) groups is 1. The fourth-order valence-electron chi connectivity index (χ4n) is 8.31.